The van der Waals surface area contributed by atoms with Gasteiger partial charge in [0.2, 0.25) is 0 Å². The summed E-state index contributed by atoms with van der Waals surface area (Å²) in [6.07, 6.45) is 8.09. The lowest BCUT2D eigenvalue weighted by Gasteiger charge is -2.14. The minimum absolute atomic E-state index is 0.153. The highest BCUT2D eigenvalue weighted by Crippen LogP contribution is 2.31. The number of anilines is 1. The second-order valence-electron chi connectivity index (χ2n) is 4.89. The zero-order valence-corrected chi connectivity index (χ0v) is 10.9. The molecular formula is C13H17N5O. The number of rotatable bonds is 3. The van der Waals surface area contributed by atoms with E-state index in [9.17, 15) is 4.79 Å². The first-order valence-corrected chi connectivity index (χ1v) is 6.58. The molecule has 2 aromatic rings. The van der Waals surface area contributed by atoms with Gasteiger partial charge in [-0.25, -0.2) is 4.68 Å². The first kappa shape index (κ1) is 12.0. The molecular weight excluding hydrogens is 242 g/mol. The Morgan fingerprint density at radius 3 is 2.68 bits per heavy atom. The second-order valence-corrected chi connectivity index (χ2v) is 4.89. The van der Waals surface area contributed by atoms with E-state index in [2.05, 4.69) is 15.5 Å². The van der Waals surface area contributed by atoms with E-state index in [1.54, 1.807) is 30.2 Å². The summed E-state index contributed by atoms with van der Waals surface area (Å²) in [6, 6.07) is 3.95. The first-order valence-electron chi connectivity index (χ1n) is 6.58. The van der Waals surface area contributed by atoms with E-state index >= 15 is 0 Å². The molecule has 0 aliphatic heterocycles. The lowest BCUT2D eigenvalue weighted by atomic mass is 10.2. The van der Waals surface area contributed by atoms with Crippen molar-refractivity contribution in [2.24, 2.45) is 7.05 Å². The molecule has 1 aliphatic rings. The third-order valence-electron chi connectivity index (χ3n) is 3.64. The van der Waals surface area contributed by atoms with E-state index in [4.69, 9.17) is 0 Å². The van der Waals surface area contributed by atoms with Crippen molar-refractivity contribution in [2.75, 3.05) is 5.32 Å². The third-order valence-corrected chi connectivity index (χ3v) is 3.64. The highest BCUT2D eigenvalue weighted by molar-refractivity contribution is 6.02. The van der Waals surface area contributed by atoms with Gasteiger partial charge in [-0.2, -0.15) is 10.2 Å². The Hall–Kier alpha value is -2.11. The minimum Gasteiger partial charge on any atom is -0.305 e. The van der Waals surface area contributed by atoms with Gasteiger partial charge in [0.1, 0.15) is 11.5 Å². The van der Waals surface area contributed by atoms with Crippen LogP contribution >= 0.6 is 0 Å². The molecule has 1 saturated carbocycles. The fourth-order valence-electron chi connectivity index (χ4n) is 2.63. The van der Waals surface area contributed by atoms with E-state index in [1.807, 2.05) is 10.7 Å². The molecule has 19 heavy (non-hydrogen) atoms. The van der Waals surface area contributed by atoms with Crippen molar-refractivity contribution in [3.8, 4) is 0 Å². The Morgan fingerprint density at radius 2 is 2.00 bits per heavy atom. The van der Waals surface area contributed by atoms with Gasteiger partial charge in [-0.3, -0.25) is 9.48 Å². The predicted octanol–water partition coefficient (Wildman–Crippen LogP) is 1.98. The Kier molecular flexibility index (Phi) is 3.06. The van der Waals surface area contributed by atoms with E-state index in [1.165, 1.54) is 12.8 Å². The summed E-state index contributed by atoms with van der Waals surface area (Å²) in [4.78, 5) is 12.1. The Labute approximate surface area is 111 Å². The number of aromatic nitrogens is 4. The van der Waals surface area contributed by atoms with E-state index < -0.39 is 0 Å². The van der Waals surface area contributed by atoms with E-state index in [0.717, 1.165) is 18.7 Å². The molecule has 3 rings (SSSR count). The number of carbonyl (C=O) groups is 1. The lowest BCUT2D eigenvalue weighted by molar-refractivity contribution is 0.101. The van der Waals surface area contributed by atoms with Crippen molar-refractivity contribution < 1.29 is 4.79 Å². The van der Waals surface area contributed by atoms with Crippen LogP contribution in [0.15, 0.2) is 24.5 Å². The molecule has 0 unspecified atom stereocenters. The zero-order chi connectivity index (χ0) is 13.2. The molecule has 0 spiro atoms. The molecule has 1 fully saturated rings. The van der Waals surface area contributed by atoms with Gasteiger partial charge in [0.15, 0.2) is 0 Å². The van der Waals surface area contributed by atoms with Crippen LogP contribution in [-0.2, 0) is 7.05 Å². The van der Waals surface area contributed by atoms with Crippen molar-refractivity contribution in [1.29, 1.82) is 0 Å². The Bertz CT molecular complexity index is 579. The second kappa shape index (κ2) is 4.87. The molecule has 1 aliphatic carbocycles. The summed E-state index contributed by atoms with van der Waals surface area (Å²) in [5, 5.41) is 11.2. The highest BCUT2D eigenvalue weighted by Gasteiger charge is 2.21. The van der Waals surface area contributed by atoms with Crippen LogP contribution in [-0.4, -0.2) is 25.5 Å². The van der Waals surface area contributed by atoms with Gasteiger partial charge in [-0.15, -0.1) is 0 Å². The van der Waals surface area contributed by atoms with Gasteiger partial charge in [0.05, 0.1) is 12.2 Å². The SMILES string of the molecule is Cn1nccc1C(=O)Nc1ccnn1C1CCCC1. The van der Waals surface area contributed by atoms with Crippen LogP contribution in [0.25, 0.3) is 0 Å². The topological polar surface area (TPSA) is 64.7 Å². The Balaban J connectivity index is 1.78. The normalized spacial score (nSPS) is 15.8. The summed E-state index contributed by atoms with van der Waals surface area (Å²) in [5.74, 6) is 0.609. The molecule has 0 aromatic carbocycles. The maximum atomic E-state index is 12.1. The van der Waals surface area contributed by atoms with Crippen LogP contribution < -0.4 is 5.32 Å². The fourth-order valence-corrected chi connectivity index (χ4v) is 2.63. The average molecular weight is 259 g/mol. The molecule has 0 saturated heterocycles. The van der Waals surface area contributed by atoms with Crippen LogP contribution in [0, 0.1) is 0 Å². The molecule has 2 aromatic heterocycles. The van der Waals surface area contributed by atoms with Crippen LogP contribution in [0.1, 0.15) is 42.2 Å². The molecule has 0 bridgehead atoms. The Morgan fingerprint density at radius 1 is 1.26 bits per heavy atom. The van der Waals surface area contributed by atoms with Gasteiger partial charge in [0.25, 0.3) is 5.91 Å². The summed E-state index contributed by atoms with van der Waals surface area (Å²) in [5.41, 5.74) is 0.541. The third kappa shape index (κ3) is 2.25. The lowest BCUT2D eigenvalue weighted by Crippen LogP contribution is -2.20. The summed E-state index contributed by atoms with van der Waals surface area (Å²) in [7, 11) is 1.75. The molecule has 6 nitrogen and oxygen atoms in total. The van der Waals surface area contributed by atoms with Gasteiger partial charge < -0.3 is 5.32 Å². The molecule has 1 N–H and O–H groups in total. The van der Waals surface area contributed by atoms with Crippen molar-refractivity contribution in [3.05, 3.63) is 30.2 Å². The maximum absolute atomic E-state index is 12.1. The average Bonchev–Trinajstić information content (AvgIpc) is 3.07. The maximum Gasteiger partial charge on any atom is 0.275 e. The molecule has 6 heteroatoms. The minimum atomic E-state index is -0.153. The molecule has 1 amide bonds. The van der Waals surface area contributed by atoms with Crippen molar-refractivity contribution in [1.82, 2.24) is 19.6 Å². The predicted molar refractivity (Wildman–Crippen MR) is 70.9 cm³/mol. The standard InChI is InChI=1S/C13H17N5O/c1-17-11(6-8-14-17)13(19)16-12-7-9-15-18(12)10-4-2-3-5-10/h6-10H,2-5H2,1H3,(H,16,19). The van der Waals surface area contributed by atoms with Crippen LogP contribution in [0.3, 0.4) is 0 Å². The van der Waals surface area contributed by atoms with E-state index in [-0.39, 0.29) is 5.91 Å². The van der Waals surface area contributed by atoms with Crippen molar-refractivity contribution in [3.63, 3.8) is 0 Å². The molecule has 100 valence electrons. The smallest absolute Gasteiger partial charge is 0.275 e. The number of nitrogens with one attached hydrogen (secondary N) is 1. The number of carbonyl (C=O) groups excluding carboxylic acids is 1. The largest absolute Gasteiger partial charge is 0.305 e. The fraction of sp³-hybridized carbons (Fsp3) is 0.462. The molecule has 0 radical (unpaired) electrons. The van der Waals surface area contributed by atoms with Crippen LogP contribution in [0.4, 0.5) is 5.82 Å². The zero-order valence-electron chi connectivity index (χ0n) is 10.9. The van der Waals surface area contributed by atoms with E-state index in [0.29, 0.717) is 11.7 Å². The van der Waals surface area contributed by atoms with Gasteiger partial charge >= 0.3 is 0 Å². The number of aryl methyl sites for hydroxylation is 1. The van der Waals surface area contributed by atoms with Crippen molar-refractivity contribution >= 4 is 11.7 Å². The number of hydrogen-bond acceptors (Lipinski definition) is 3. The number of amides is 1. The van der Waals surface area contributed by atoms with Gasteiger partial charge in [0, 0.05) is 19.3 Å². The van der Waals surface area contributed by atoms with Gasteiger partial charge in [-0.05, 0) is 18.9 Å². The quantitative estimate of drug-likeness (QED) is 0.916. The van der Waals surface area contributed by atoms with Crippen LogP contribution in [0.2, 0.25) is 0 Å². The van der Waals surface area contributed by atoms with Crippen molar-refractivity contribution in [2.45, 2.75) is 31.7 Å². The molecule has 0 atom stereocenters. The highest BCUT2D eigenvalue weighted by atomic mass is 16.2. The summed E-state index contributed by atoms with van der Waals surface area (Å²) >= 11 is 0. The summed E-state index contributed by atoms with van der Waals surface area (Å²) in [6.45, 7) is 0. The number of nitrogens with zero attached hydrogens (tertiary/aromatic N) is 4. The van der Waals surface area contributed by atoms with Crippen LogP contribution in [0.5, 0.6) is 0 Å². The van der Waals surface area contributed by atoms with Gasteiger partial charge in [-0.1, -0.05) is 12.8 Å². The number of hydrogen-bond donors (Lipinski definition) is 1. The molecule has 2 heterocycles. The summed E-state index contributed by atoms with van der Waals surface area (Å²) < 4.78 is 3.49. The monoisotopic (exact) mass is 259 g/mol. The first-order chi connectivity index (χ1) is 9.25.